The Hall–Kier alpha value is -1.42. The third-order valence-corrected chi connectivity index (χ3v) is 2.68. The number of phenols is 2. The van der Waals surface area contributed by atoms with Crippen molar-refractivity contribution in [1.29, 1.82) is 0 Å². The van der Waals surface area contributed by atoms with Gasteiger partial charge in [-0.25, -0.2) is 0 Å². The predicted octanol–water partition coefficient (Wildman–Crippen LogP) is 1.85. The molecule has 0 fully saturated rings. The van der Waals surface area contributed by atoms with Crippen molar-refractivity contribution in [3.63, 3.8) is 0 Å². The first-order valence-corrected chi connectivity index (χ1v) is 5.29. The molecule has 5 heteroatoms. The SMILES string of the molecule is CC(C)(CCl)NC(=O)c1ccc(O)cc1O. The molecule has 1 rings (SSSR count). The number of amides is 1. The van der Waals surface area contributed by atoms with Gasteiger partial charge < -0.3 is 15.5 Å². The third kappa shape index (κ3) is 3.03. The Kier molecular flexibility index (Phi) is 3.65. The maximum Gasteiger partial charge on any atom is 0.255 e. The van der Waals surface area contributed by atoms with E-state index in [1.165, 1.54) is 12.1 Å². The Balaban J connectivity index is 2.89. The minimum atomic E-state index is -0.553. The molecule has 0 spiro atoms. The Labute approximate surface area is 98.9 Å². The first-order valence-electron chi connectivity index (χ1n) is 4.76. The molecular weight excluding hydrogens is 230 g/mol. The van der Waals surface area contributed by atoms with Crippen LogP contribution in [0.25, 0.3) is 0 Å². The van der Waals surface area contributed by atoms with Gasteiger partial charge in [0, 0.05) is 17.5 Å². The summed E-state index contributed by atoms with van der Waals surface area (Å²) in [6, 6.07) is 3.80. The molecule has 4 nitrogen and oxygen atoms in total. The summed E-state index contributed by atoms with van der Waals surface area (Å²) in [7, 11) is 0. The highest BCUT2D eigenvalue weighted by Gasteiger charge is 2.21. The maximum absolute atomic E-state index is 11.7. The van der Waals surface area contributed by atoms with E-state index in [2.05, 4.69) is 5.32 Å². The lowest BCUT2D eigenvalue weighted by Crippen LogP contribution is -2.44. The smallest absolute Gasteiger partial charge is 0.255 e. The number of carbonyl (C=O) groups is 1. The second-order valence-electron chi connectivity index (χ2n) is 4.17. The van der Waals surface area contributed by atoms with Gasteiger partial charge in [-0.05, 0) is 26.0 Å². The van der Waals surface area contributed by atoms with Crippen molar-refractivity contribution in [2.45, 2.75) is 19.4 Å². The second-order valence-corrected chi connectivity index (χ2v) is 4.44. The van der Waals surface area contributed by atoms with Crippen molar-refractivity contribution in [3.8, 4) is 11.5 Å². The van der Waals surface area contributed by atoms with E-state index < -0.39 is 11.4 Å². The molecule has 88 valence electrons. The molecule has 0 saturated carbocycles. The van der Waals surface area contributed by atoms with Crippen LogP contribution in [-0.2, 0) is 0 Å². The number of aromatic hydroxyl groups is 2. The number of rotatable bonds is 3. The lowest BCUT2D eigenvalue weighted by Gasteiger charge is -2.23. The zero-order chi connectivity index (χ0) is 12.3. The maximum atomic E-state index is 11.7. The first-order chi connectivity index (χ1) is 7.35. The number of benzene rings is 1. The summed E-state index contributed by atoms with van der Waals surface area (Å²) in [5.41, 5.74) is -0.445. The summed E-state index contributed by atoms with van der Waals surface area (Å²) in [5, 5.41) is 21.2. The van der Waals surface area contributed by atoms with E-state index in [1.54, 1.807) is 13.8 Å². The van der Waals surface area contributed by atoms with Crippen molar-refractivity contribution < 1.29 is 15.0 Å². The molecule has 1 amide bonds. The van der Waals surface area contributed by atoms with Crippen LogP contribution in [0.4, 0.5) is 0 Å². The Morgan fingerprint density at radius 3 is 2.56 bits per heavy atom. The topological polar surface area (TPSA) is 69.6 Å². The van der Waals surface area contributed by atoms with E-state index in [1.807, 2.05) is 0 Å². The van der Waals surface area contributed by atoms with Crippen LogP contribution in [0.15, 0.2) is 18.2 Å². The van der Waals surface area contributed by atoms with Crippen LogP contribution in [0.5, 0.6) is 11.5 Å². The Bertz CT molecular complexity index is 404. The average Bonchev–Trinajstić information content (AvgIpc) is 2.16. The molecule has 0 aliphatic rings. The van der Waals surface area contributed by atoms with E-state index in [0.717, 1.165) is 6.07 Å². The Morgan fingerprint density at radius 2 is 2.06 bits per heavy atom. The van der Waals surface area contributed by atoms with E-state index in [9.17, 15) is 9.90 Å². The number of phenolic OH excluding ortho intramolecular Hbond substituents is 2. The third-order valence-electron chi connectivity index (χ3n) is 2.01. The fourth-order valence-electron chi connectivity index (χ4n) is 1.12. The van der Waals surface area contributed by atoms with Crippen molar-refractivity contribution in [2.24, 2.45) is 0 Å². The summed E-state index contributed by atoms with van der Waals surface area (Å²) in [4.78, 5) is 11.7. The molecule has 0 aliphatic carbocycles. The van der Waals surface area contributed by atoms with Crippen LogP contribution >= 0.6 is 11.6 Å². The number of alkyl halides is 1. The quantitative estimate of drug-likeness (QED) is 0.710. The molecule has 0 aliphatic heterocycles. The summed E-state index contributed by atoms with van der Waals surface area (Å²) >= 11 is 5.67. The van der Waals surface area contributed by atoms with Crippen molar-refractivity contribution in [3.05, 3.63) is 23.8 Å². The van der Waals surface area contributed by atoms with Gasteiger partial charge in [0.15, 0.2) is 0 Å². The van der Waals surface area contributed by atoms with Gasteiger partial charge in [-0.1, -0.05) is 0 Å². The predicted molar refractivity (Wildman–Crippen MR) is 62.0 cm³/mol. The summed E-state index contributed by atoms with van der Waals surface area (Å²) in [6.07, 6.45) is 0. The average molecular weight is 244 g/mol. The zero-order valence-corrected chi connectivity index (χ0v) is 9.88. The lowest BCUT2D eigenvalue weighted by molar-refractivity contribution is 0.0918. The fraction of sp³-hybridized carbons (Fsp3) is 0.364. The van der Waals surface area contributed by atoms with E-state index in [4.69, 9.17) is 16.7 Å². The van der Waals surface area contributed by atoms with Gasteiger partial charge in [-0.3, -0.25) is 4.79 Å². The van der Waals surface area contributed by atoms with Gasteiger partial charge in [0.05, 0.1) is 5.56 Å². The van der Waals surface area contributed by atoms with E-state index in [0.29, 0.717) is 0 Å². The second kappa shape index (κ2) is 4.61. The zero-order valence-electron chi connectivity index (χ0n) is 9.12. The lowest BCUT2D eigenvalue weighted by atomic mass is 10.1. The molecule has 3 N–H and O–H groups in total. The molecule has 0 atom stereocenters. The van der Waals surface area contributed by atoms with Crippen LogP contribution in [0.2, 0.25) is 0 Å². The highest BCUT2D eigenvalue weighted by molar-refractivity contribution is 6.18. The molecule has 16 heavy (non-hydrogen) atoms. The van der Waals surface area contributed by atoms with Gasteiger partial charge in [0.25, 0.3) is 5.91 Å². The molecule has 1 aromatic carbocycles. The summed E-state index contributed by atoms with van der Waals surface area (Å²) in [5.74, 6) is -0.519. The molecule has 0 saturated heterocycles. The largest absolute Gasteiger partial charge is 0.508 e. The molecule has 0 unspecified atom stereocenters. The van der Waals surface area contributed by atoms with Crippen molar-refractivity contribution in [2.75, 3.05) is 5.88 Å². The van der Waals surface area contributed by atoms with Crippen LogP contribution in [0.3, 0.4) is 0 Å². The number of nitrogens with one attached hydrogen (secondary N) is 1. The standard InChI is InChI=1S/C11H14ClNO3/c1-11(2,6-12)13-10(16)8-4-3-7(14)5-9(8)15/h3-5,14-15H,6H2,1-2H3,(H,13,16). The highest BCUT2D eigenvalue weighted by atomic mass is 35.5. The van der Waals surface area contributed by atoms with Crippen LogP contribution in [-0.4, -0.2) is 27.5 Å². The van der Waals surface area contributed by atoms with Gasteiger partial charge in [-0.2, -0.15) is 0 Å². The minimum absolute atomic E-state index is 0.0920. The molecular formula is C11H14ClNO3. The van der Waals surface area contributed by atoms with Gasteiger partial charge in [0.1, 0.15) is 11.5 Å². The first kappa shape index (κ1) is 12.6. The molecule has 1 aromatic rings. The molecule has 0 heterocycles. The normalized spacial score (nSPS) is 11.2. The Morgan fingerprint density at radius 1 is 1.44 bits per heavy atom. The van der Waals surface area contributed by atoms with Crippen LogP contribution in [0.1, 0.15) is 24.2 Å². The van der Waals surface area contributed by atoms with E-state index >= 15 is 0 Å². The summed E-state index contributed by atoms with van der Waals surface area (Å²) < 4.78 is 0. The van der Waals surface area contributed by atoms with Crippen LogP contribution in [0, 0.1) is 0 Å². The number of hydrogen-bond acceptors (Lipinski definition) is 3. The van der Waals surface area contributed by atoms with Gasteiger partial charge >= 0.3 is 0 Å². The van der Waals surface area contributed by atoms with Crippen molar-refractivity contribution >= 4 is 17.5 Å². The number of carbonyl (C=O) groups excluding carboxylic acids is 1. The number of halogens is 1. The van der Waals surface area contributed by atoms with Crippen molar-refractivity contribution in [1.82, 2.24) is 5.32 Å². The summed E-state index contributed by atoms with van der Waals surface area (Å²) in [6.45, 7) is 3.55. The van der Waals surface area contributed by atoms with Gasteiger partial charge in [0.2, 0.25) is 0 Å². The van der Waals surface area contributed by atoms with Gasteiger partial charge in [-0.15, -0.1) is 11.6 Å². The molecule has 0 bridgehead atoms. The molecule has 0 aromatic heterocycles. The van der Waals surface area contributed by atoms with Crippen LogP contribution < -0.4 is 5.32 Å². The highest BCUT2D eigenvalue weighted by Crippen LogP contribution is 2.23. The monoisotopic (exact) mass is 243 g/mol. The van der Waals surface area contributed by atoms with E-state index in [-0.39, 0.29) is 22.9 Å². The minimum Gasteiger partial charge on any atom is -0.508 e. The molecule has 0 radical (unpaired) electrons. The number of hydrogen-bond donors (Lipinski definition) is 3. The fourth-order valence-corrected chi connectivity index (χ4v) is 1.19.